The quantitative estimate of drug-likeness (QED) is 0.641. The minimum Gasteiger partial charge on any atom is -0.295 e. The van der Waals surface area contributed by atoms with E-state index in [1.807, 2.05) is 11.9 Å². The highest BCUT2D eigenvalue weighted by molar-refractivity contribution is 9.11. The summed E-state index contributed by atoms with van der Waals surface area (Å²) in [5, 5.41) is 0. The molecule has 2 rings (SSSR count). The molecule has 0 bridgehead atoms. The molecule has 0 heterocycles. The number of hydrogen-bond acceptors (Lipinski definition) is 1. The van der Waals surface area contributed by atoms with Gasteiger partial charge < -0.3 is 0 Å². The van der Waals surface area contributed by atoms with E-state index in [4.69, 9.17) is 0 Å². The van der Waals surface area contributed by atoms with Crippen molar-refractivity contribution < 1.29 is 4.79 Å². The van der Waals surface area contributed by atoms with Crippen LogP contribution >= 0.6 is 15.9 Å². The second-order valence-electron chi connectivity index (χ2n) is 5.34. The normalized spacial score (nSPS) is 36.1. The molecule has 1 spiro atoms. The van der Waals surface area contributed by atoms with Gasteiger partial charge in [-0.1, -0.05) is 40.6 Å². The zero-order valence-electron chi connectivity index (χ0n) is 10.7. The summed E-state index contributed by atoms with van der Waals surface area (Å²) < 4.78 is 0. The zero-order valence-corrected chi connectivity index (χ0v) is 12.3. The van der Waals surface area contributed by atoms with Crippen LogP contribution in [0.4, 0.5) is 0 Å². The summed E-state index contributed by atoms with van der Waals surface area (Å²) in [5.41, 5.74) is 3.73. The van der Waals surface area contributed by atoms with Crippen LogP contribution in [-0.4, -0.2) is 5.78 Å². The SMILES string of the molecule is CC1=C(C)C2(C=CC(=CBr)CC2)C(C)CC1=O. The number of halogens is 1. The molecule has 0 saturated heterocycles. The molecule has 2 heteroatoms. The molecule has 17 heavy (non-hydrogen) atoms. The Morgan fingerprint density at radius 1 is 1.47 bits per heavy atom. The lowest BCUT2D eigenvalue weighted by Gasteiger charge is -2.44. The van der Waals surface area contributed by atoms with E-state index in [9.17, 15) is 4.79 Å². The highest BCUT2D eigenvalue weighted by Crippen LogP contribution is 2.50. The van der Waals surface area contributed by atoms with E-state index in [2.05, 4.69) is 41.9 Å². The van der Waals surface area contributed by atoms with Gasteiger partial charge in [0.15, 0.2) is 5.78 Å². The number of carbonyl (C=O) groups is 1. The molecular formula is C15H19BrO. The molecule has 0 N–H and O–H groups in total. The van der Waals surface area contributed by atoms with Crippen molar-refractivity contribution in [1.29, 1.82) is 0 Å². The first-order valence-electron chi connectivity index (χ1n) is 6.21. The van der Waals surface area contributed by atoms with Crippen LogP contribution in [0.15, 0.2) is 33.9 Å². The molecule has 0 fully saturated rings. The standard InChI is InChI=1S/C15H19BrO/c1-10-8-14(17)11(2)12(3)15(10)6-4-13(9-16)5-7-15/h4,6,9-10H,5,7-8H2,1-3H3. The highest BCUT2D eigenvalue weighted by atomic mass is 79.9. The molecule has 0 aromatic rings. The second-order valence-corrected chi connectivity index (χ2v) is 5.79. The minimum absolute atomic E-state index is 0.123. The van der Waals surface area contributed by atoms with E-state index in [1.54, 1.807) is 0 Å². The van der Waals surface area contributed by atoms with Crippen LogP contribution in [-0.2, 0) is 4.79 Å². The summed E-state index contributed by atoms with van der Waals surface area (Å²) in [6.45, 7) is 6.33. The summed E-state index contributed by atoms with van der Waals surface area (Å²) in [6, 6.07) is 0. The van der Waals surface area contributed by atoms with Gasteiger partial charge in [-0.2, -0.15) is 0 Å². The van der Waals surface area contributed by atoms with Crippen molar-refractivity contribution in [1.82, 2.24) is 0 Å². The molecule has 0 amide bonds. The second kappa shape index (κ2) is 4.56. The van der Waals surface area contributed by atoms with Crippen molar-refractivity contribution in [2.24, 2.45) is 11.3 Å². The molecule has 0 aliphatic heterocycles. The van der Waals surface area contributed by atoms with Gasteiger partial charge in [0.1, 0.15) is 0 Å². The molecule has 0 aromatic carbocycles. The van der Waals surface area contributed by atoms with E-state index >= 15 is 0 Å². The first-order valence-corrected chi connectivity index (χ1v) is 7.12. The van der Waals surface area contributed by atoms with E-state index in [-0.39, 0.29) is 5.41 Å². The van der Waals surface area contributed by atoms with Crippen LogP contribution in [0.1, 0.15) is 40.0 Å². The van der Waals surface area contributed by atoms with Gasteiger partial charge in [-0.3, -0.25) is 4.79 Å². The van der Waals surface area contributed by atoms with E-state index in [0.717, 1.165) is 18.4 Å². The lowest BCUT2D eigenvalue weighted by molar-refractivity contribution is -0.117. The molecule has 2 unspecified atom stereocenters. The Morgan fingerprint density at radius 3 is 2.71 bits per heavy atom. The highest BCUT2D eigenvalue weighted by Gasteiger charge is 2.42. The summed E-state index contributed by atoms with van der Waals surface area (Å²) in [5.74, 6) is 0.752. The topological polar surface area (TPSA) is 17.1 Å². The van der Waals surface area contributed by atoms with Gasteiger partial charge in [-0.15, -0.1) is 0 Å². The predicted octanol–water partition coefficient (Wildman–Crippen LogP) is 4.55. The summed E-state index contributed by atoms with van der Waals surface area (Å²) in [4.78, 5) is 13.9. The zero-order chi connectivity index (χ0) is 12.6. The fourth-order valence-electron chi connectivity index (χ4n) is 3.13. The maximum Gasteiger partial charge on any atom is 0.158 e. The van der Waals surface area contributed by atoms with Gasteiger partial charge in [0.05, 0.1) is 0 Å². The van der Waals surface area contributed by atoms with Crippen LogP contribution in [0.25, 0.3) is 0 Å². The number of allylic oxidation sites excluding steroid dienone is 5. The molecule has 1 nitrogen and oxygen atoms in total. The Bertz CT molecular complexity index is 442. The Kier molecular flexibility index (Phi) is 3.44. The summed E-state index contributed by atoms with van der Waals surface area (Å²) >= 11 is 3.40. The Morgan fingerprint density at radius 2 is 2.18 bits per heavy atom. The van der Waals surface area contributed by atoms with Crippen LogP contribution in [0, 0.1) is 11.3 Å². The van der Waals surface area contributed by atoms with E-state index < -0.39 is 0 Å². The molecular weight excluding hydrogens is 276 g/mol. The lowest BCUT2D eigenvalue weighted by atomic mass is 9.60. The Labute approximate surface area is 112 Å². The van der Waals surface area contributed by atoms with Gasteiger partial charge in [0.25, 0.3) is 0 Å². The van der Waals surface area contributed by atoms with Crippen LogP contribution in [0.3, 0.4) is 0 Å². The number of hydrogen-bond donors (Lipinski definition) is 0. The maximum atomic E-state index is 11.9. The third kappa shape index (κ3) is 1.97. The number of rotatable bonds is 0. The summed E-state index contributed by atoms with van der Waals surface area (Å²) in [7, 11) is 0. The van der Waals surface area contributed by atoms with Gasteiger partial charge >= 0.3 is 0 Å². The molecule has 0 radical (unpaired) electrons. The lowest BCUT2D eigenvalue weighted by Crippen LogP contribution is -2.36. The first-order chi connectivity index (χ1) is 8.01. The van der Waals surface area contributed by atoms with Crippen molar-refractivity contribution in [2.75, 3.05) is 0 Å². The van der Waals surface area contributed by atoms with Crippen molar-refractivity contribution in [3.8, 4) is 0 Å². The monoisotopic (exact) mass is 294 g/mol. The average Bonchev–Trinajstić information content (AvgIpc) is 2.35. The van der Waals surface area contributed by atoms with Crippen molar-refractivity contribution in [2.45, 2.75) is 40.0 Å². The fraction of sp³-hybridized carbons (Fsp3) is 0.533. The van der Waals surface area contributed by atoms with Crippen molar-refractivity contribution in [3.05, 3.63) is 33.9 Å². The third-order valence-corrected chi connectivity index (χ3v) is 5.20. The van der Waals surface area contributed by atoms with E-state index in [0.29, 0.717) is 18.1 Å². The predicted molar refractivity (Wildman–Crippen MR) is 75.0 cm³/mol. The first kappa shape index (κ1) is 12.8. The smallest absolute Gasteiger partial charge is 0.158 e. The van der Waals surface area contributed by atoms with Crippen LogP contribution < -0.4 is 0 Å². The van der Waals surface area contributed by atoms with Gasteiger partial charge in [-0.05, 0) is 48.7 Å². The molecule has 0 aromatic heterocycles. The minimum atomic E-state index is 0.123. The number of ketones is 1. The van der Waals surface area contributed by atoms with Gasteiger partial charge in [0.2, 0.25) is 0 Å². The molecule has 92 valence electrons. The number of carbonyl (C=O) groups excluding carboxylic acids is 1. The number of Topliss-reactive ketones (excluding diaryl/α,β-unsaturated/α-hetero) is 1. The third-order valence-electron chi connectivity index (χ3n) is 4.61. The van der Waals surface area contributed by atoms with Crippen LogP contribution in [0.2, 0.25) is 0 Å². The van der Waals surface area contributed by atoms with Gasteiger partial charge in [-0.25, -0.2) is 0 Å². The fourth-order valence-corrected chi connectivity index (χ4v) is 3.51. The average molecular weight is 295 g/mol. The van der Waals surface area contributed by atoms with E-state index in [1.165, 1.54) is 11.1 Å². The van der Waals surface area contributed by atoms with Gasteiger partial charge in [0, 0.05) is 11.8 Å². The molecule has 2 aliphatic rings. The molecule has 0 saturated carbocycles. The Balaban J connectivity index is 2.47. The largest absolute Gasteiger partial charge is 0.295 e. The summed E-state index contributed by atoms with van der Waals surface area (Å²) in [6.07, 6.45) is 7.44. The van der Waals surface area contributed by atoms with Crippen LogP contribution in [0.5, 0.6) is 0 Å². The maximum absolute atomic E-state index is 11.9. The molecule has 2 aliphatic carbocycles. The van der Waals surface area contributed by atoms with Crippen molar-refractivity contribution in [3.63, 3.8) is 0 Å². The molecule has 2 atom stereocenters. The van der Waals surface area contributed by atoms with Crippen molar-refractivity contribution >= 4 is 21.7 Å². The Hall–Kier alpha value is -0.630.